The highest BCUT2D eigenvalue weighted by Gasteiger charge is 2.14. The number of anilines is 1. The highest BCUT2D eigenvalue weighted by Crippen LogP contribution is 2.20. The standard InChI is InChI=1S/C16H23ClN2O/c1-12-8-9-14(10-15(12)17)18-11-16(20)19-13-6-4-2-3-5-7-13/h8-10,13,18H,2-7,11H2,1H3,(H,19,20). The molecule has 20 heavy (non-hydrogen) atoms. The Labute approximate surface area is 126 Å². The summed E-state index contributed by atoms with van der Waals surface area (Å²) in [7, 11) is 0. The molecular formula is C16H23ClN2O. The molecule has 0 bridgehead atoms. The molecule has 1 aromatic carbocycles. The van der Waals surface area contributed by atoms with Crippen molar-refractivity contribution in [2.45, 2.75) is 51.5 Å². The van der Waals surface area contributed by atoms with E-state index in [9.17, 15) is 4.79 Å². The van der Waals surface area contributed by atoms with Crippen LogP contribution in [0.3, 0.4) is 0 Å². The van der Waals surface area contributed by atoms with Gasteiger partial charge in [-0.05, 0) is 37.5 Å². The van der Waals surface area contributed by atoms with Gasteiger partial charge in [-0.3, -0.25) is 4.79 Å². The Kier molecular flexibility index (Phi) is 5.72. The Morgan fingerprint density at radius 2 is 1.95 bits per heavy atom. The van der Waals surface area contributed by atoms with Crippen LogP contribution in [0.15, 0.2) is 18.2 Å². The van der Waals surface area contributed by atoms with E-state index in [1.165, 1.54) is 25.7 Å². The minimum Gasteiger partial charge on any atom is -0.376 e. The van der Waals surface area contributed by atoms with Gasteiger partial charge in [0.05, 0.1) is 6.54 Å². The zero-order valence-corrected chi connectivity index (χ0v) is 12.8. The number of rotatable bonds is 4. The second-order valence-electron chi connectivity index (χ2n) is 5.57. The zero-order chi connectivity index (χ0) is 14.4. The van der Waals surface area contributed by atoms with Crippen LogP contribution >= 0.6 is 11.6 Å². The Hall–Kier alpha value is -1.22. The number of aryl methyl sites for hydroxylation is 1. The normalized spacial score (nSPS) is 16.5. The second kappa shape index (κ2) is 7.53. The van der Waals surface area contributed by atoms with Gasteiger partial charge in [0.2, 0.25) is 5.91 Å². The average molecular weight is 295 g/mol. The highest BCUT2D eigenvalue weighted by molar-refractivity contribution is 6.31. The molecule has 1 fully saturated rings. The van der Waals surface area contributed by atoms with Gasteiger partial charge in [-0.2, -0.15) is 0 Å². The Bertz CT molecular complexity index is 454. The van der Waals surface area contributed by atoms with Crippen molar-refractivity contribution in [3.05, 3.63) is 28.8 Å². The van der Waals surface area contributed by atoms with E-state index in [1.807, 2.05) is 25.1 Å². The Morgan fingerprint density at radius 3 is 2.60 bits per heavy atom. The van der Waals surface area contributed by atoms with E-state index >= 15 is 0 Å². The van der Waals surface area contributed by atoms with Crippen LogP contribution in [-0.2, 0) is 4.79 Å². The van der Waals surface area contributed by atoms with Gasteiger partial charge in [0.15, 0.2) is 0 Å². The third kappa shape index (κ3) is 4.71. The molecule has 2 N–H and O–H groups in total. The lowest BCUT2D eigenvalue weighted by Crippen LogP contribution is -2.38. The topological polar surface area (TPSA) is 41.1 Å². The van der Waals surface area contributed by atoms with Crippen LogP contribution < -0.4 is 10.6 Å². The molecule has 0 aliphatic heterocycles. The predicted molar refractivity (Wildman–Crippen MR) is 84.3 cm³/mol. The summed E-state index contributed by atoms with van der Waals surface area (Å²) in [5, 5.41) is 6.96. The molecule has 0 atom stereocenters. The predicted octanol–water partition coefficient (Wildman–Crippen LogP) is 3.90. The monoisotopic (exact) mass is 294 g/mol. The average Bonchev–Trinajstić information content (AvgIpc) is 2.69. The third-order valence-electron chi connectivity index (χ3n) is 3.85. The first-order chi connectivity index (χ1) is 9.65. The second-order valence-corrected chi connectivity index (χ2v) is 5.98. The molecular weight excluding hydrogens is 272 g/mol. The minimum absolute atomic E-state index is 0.0635. The fourth-order valence-electron chi connectivity index (χ4n) is 2.59. The summed E-state index contributed by atoms with van der Waals surface area (Å²) in [5.41, 5.74) is 1.93. The van der Waals surface area contributed by atoms with Crippen LogP contribution in [0.25, 0.3) is 0 Å². The molecule has 1 saturated carbocycles. The van der Waals surface area contributed by atoms with Gasteiger partial charge in [0, 0.05) is 16.8 Å². The lowest BCUT2D eigenvalue weighted by Gasteiger charge is -2.16. The number of halogens is 1. The molecule has 1 aromatic rings. The molecule has 0 radical (unpaired) electrons. The minimum atomic E-state index is 0.0635. The van der Waals surface area contributed by atoms with Crippen LogP contribution in [0.1, 0.15) is 44.1 Å². The molecule has 0 aromatic heterocycles. The van der Waals surface area contributed by atoms with E-state index in [2.05, 4.69) is 10.6 Å². The summed E-state index contributed by atoms with van der Waals surface area (Å²) in [4.78, 5) is 11.9. The molecule has 0 heterocycles. The molecule has 1 aliphatic rings. The quantitative estimate of drug-likeness (QED) is 0.827. The molecule has 4 heteroatoms. The first-order valence-corrected chi connectivity index (χ1v) is 7.82. The van der Waals surface area contributed by atoms with E-state index in [1.54, 1.807) is 0 Å². The summed E-state index contributed by atoms with van der Waals surface area (Å²) in [6.07, 6.45) is 7.28. The van der Waals surface area contributed by atoms with Crippen molar-refractivity contribution >= 4 is 23.2 Å². The van der Waals surface area contributed by atoms with Gasteiger partial charge in [-0.15, -0.1) is 0 Å². The molecule has 1 aliphatic carbocycles. The van der Waals surface area contributed by atoms with Crippen LogP contribution in [-0.4, -0.2) is 18.5 Å². The molecule has 110 valence electrons. The SMILES string of the molecule is Cc1ccc(NCC(=O)NC2CCCCCC2)cc1Cl. The maximum Gasteiger partial charge on any atom is 0.239 e. The zero-order valence-electron chi connectivity index (χ0n) is 12.0. The summed E-state index contributed by atoms with van der Waals surface area (Å²) >= 11 is 6.06. The molecule has 0 unspecified atom stereocenters. The van der Waals surface area contributed by atoms with Crippen LogP contribution in [0.2, 0.25) is 5.02 Å². The van der Waals surface area contributed by atoms with Crippen LogP contribution in [0.4, 0.5) is 5.69 Å². The van der Waals surface area contributed by atoms with E-state index in [-0.39, 0.29) is 5.91 Å². The van der Waals surface area contributed by atoms with E-state index < -0.39 is 0 Å². The van der Waals surface area contributed by atoms with Crippen molar-refractivity contribution in [3.63, 3.8) is 0 Å². The van der Waals surface area contributed by atoms with Gasteiger partial charge in [0.25, 0.3) is 0 Å². The van der Waals surface area contributed by atoms with Crippen molar-refractivity contribution in [2.24, 2.45) is 0 Å². The van der Waals surface area contributed by atoms with Crippen molar-refractivity contribution in [3.8, 4) is 0 Å². The number of hydrogen-bond donors (Lipinski definition) is 2. The van der Waals surface area contributed by atoms with Gasteiger partial charge < -0.3 is 10.6 Å². The third-order valence-corrected chi connectivity index (χ3v) is 4.25. The van der Waals surface area contributed by atoms with E-state index in [4.69, 9.17) is 11.6 Å². The van der Waals surface area contributed by atoms with Gasteiger partial charge in [0.1, 0.15) is 0 Å². The summed E-state index contributed by atoms with van der Waals surface area (Å²) in [5.74, 6) is 0.0635. The van der Waals surface area contributed by atoms with E-state index in [0.717, 1.165) is 29.1 Å². The largest absolute Gasteiger partial charge is 0.376 e. The van der Waals surface area contributed by atoms with Gasteiger partial charge >= 0.3 is 0 Å². The van der Waals surface area contributed by atoms with Gasteiger partial charge in [-0.25, -0.2) is 0 Å². The van der Waals surface area contributed by atoms with Crippen molar-refractivity contribution in [1.82, 2.24) is 5.32 Å². The fourth-order valence-corrected chi connectivity index (χ4v) is 2.77. The molecule has 3 nitrogen and oxygen atoms in total. The summed E-state index contributed by atoms with van der Waals surface area (Å²) in [6.45, 7) is 2.26. The smallest absolute Gasteiger partial charge is 0.239 e. The first kappa shape index (κ1) is 15.2. The van der Waals surface area contributed by atoms with Gasteiger partial charge in [-0.1, -0.05) is 43.4 Å². The Balaban J connectivity index is 1.77. The first-order valence-electron chi connectivity index (χ1n) is 7.44. The molecule has 0 saturated heterocycles. The fraction of sp³-hybridized carbons (Fsp3) is 0.562. The van der Waals surface area contributed by atoms with Crippen LogP contribution in [0.5, 0.6) is 0 Å². The van der Waals surface area contributed by atoms with Crippen molar-refractivity contribution in [2.75, 3.05) is 11.9 Å². The Morgan fingerprint density at radius 1 is 1.25 bits per heavy atom. The number of carbonyl (C=O) groups is 1. The highest BCUT2D eigenvalue weighted by atomic mass is 35.5. The van der Waals surface area contributed by atoms with Crippen LogP contribution in [0, 0.1) is 6.92 Å². The lowest BCUT2D eigenvalue weighted by atomic mass is 10.1. The summed E-state index contributed by atoms with van der Waals surface area (Å²) in [6, 6.07) is 6.11. The molecule has 0 spiro atoms. The lowest BCUT2D eigenvalue weighted by molar-refractivity contribution is -0.120. The van der Waals surface area contributed by atoms with Crippen molar-refractivity contribution in [1.29, 1.82) is 0 Å². The number of hydrogen-bond acceptors (Lipinski definition) is 2. The molecule has 1 amide bonds. The number of benzene rings is 1. The summed E-state index contributed by atoms with van der Waals surface area (Å²) < 4.78 is 0. The number of carbonyl (C=O) groups excluding carboxylic acids is 1. The van der Waals surface area contributed by atoms with E-state index in [0.29, 0.717) is 12.6 Å². The maximum absolute atomic E-state index is 11.9. The number of nitrogens with one attached hydrogen (secondary N) is 2. The molecule has 2 rings (SSSR count). The van der Waals surface area contributed by atoms with Crippen molar-refractivity contribution < 1.29 is 4.79 Å². The number of amides is 1. The maximum atomic E-state index is 11.9.